The first-order valence-corrected chi connectivity index (χ1v) is 10.1. The Bertz CT molecular complexity index is 896. The fourth-order valence-electron chi connectivity index (χ4n) is 2.80. The second-order valence-electron chi connectivity index (χ2n) is 6.72. The number of carbonyl (C=O) groups is 1. The molecule has 0 bridgehead atoms. The molecule has 2 atom stereocenters. The summed E-state index contributed by atoms with van der Waals surface area (Å²) in [6.07, 6.45) is 1.66. The van der Waals surface area contributed by atoms with Crippen molar-refractivity contribution < 1.29 is 26.5 Å². The number of nitrogens with one attached hydrogen (secondary N) is 2. The van der Waals surface area contributed by atoms with Crippen LogP contribution in [0, 0.1) is 5.92 Å². The van der Waals surface area contributed by atoms with Gasteiger partial charge < -0.3 is 5.32 Å². The predicted octanol–water partition coefficient (Wildman–Crippen LogP) is 2.97. The van der Waals surface area contributed by atoms with Crippen LogP contribution in [0.3, 0.4) is 0 Å². The average molecular weight is 415 g/mol. The van der Waals surface area contributed by atoms with E-state index in [2.05, 4.69) is 10.3 Å². The van der Waals surface area contributed by atoms with Crippen LogP contribution in [-0.4, -0.2) is 36.6 Å². The minimum absolute atomic E-state index is 0.180. The van der Waals surface area contributed by atoms with Crippen LogP contribution in [0.15, 0.2) is 41.0 Å². The first-order chi connectivity index (χ1) is 12.9. The second-order valence-corrected chi connectivity index (χ2v) is 7.87. The molecule has 2 unspecified atom stereocenters. The quantitative estimate of drug-likeness (QED) is 0.448. The molecule has 0 aromatic heterocycles. The molecular formula is C18H23F2N3O4S. The average Bonchev–Trinajstić information content (AvgIpc) is 3.20. The van der Waals surface area contributed by atoms with Gasteiger partial charge >= 0.3 is 10.3 Å². The number of hydrogen-bond donors (Lipinski definition) is 3. The third-order valence-corrected chi connectivity index (χ3v) is 4.80. The van der Waals surface area contributed by atoms with Crippen LogP contribution in [0.1, 0.15) is 32.8 Å². The molecule has 1 aliphatic carbocycles. The maximum absolute atomic E-state index is 13.4. The lowest BCUT2D eigenvalue weighted by Crippen LogP contribution is -2.40. The van der Waals surface area contributed by atoms with Crippen LogP contribution < -0.4 is 10.0 Å². The minimum Gasteiger partial charge on any atom is -0.348 e. The highest BCUT2D eigenvalue weighted by Crippen LogP contribution is 2.53. The Kier molecular flexibility index (Phi) is 6.56. The van der Waals surface area contributed by atoms with Crippen molar-refractivity contribution >= 4 is 27.6 Å². The molecule has 1 aromatic carbocycles. The molecule has 3 N–H and O–H groups in total. The van der Waals surface area contributed by atoms with E-state index in [0.717, 1.165) is 5.56 Å². The molecule has 0 aliphatic heterocycles. The number of amides is 1. The number of allylic oxidation sites excluding steroid dienone is 2. The molecule has 0 heterocycles. The molecule has 28 heavy (non-hydrogen) atoms. The second kappa shape index (κ2) is 8.36. The number of anilines is 1. The first-order valence-electron chi connectivity index (χ1n) is 8.62. The summed E-state index contributed by atoms with van der Waals surface area (Å²) in [6.45, 7) is 4.67. The van der Waals surface area contributed by atoms with Crippen molar-refractivity contribution in [1.29, 1.82) is 0 Å². The fraction of sp³-hybridized carbons (Fsp3) is 0.444. The van der Waals surface area contributed by atoms with Crippen LogP contribution in [0.25, 0.3) is 0 Å². The zero-order chi connectivity index (χ0) is 21.1. The lowest BCUT2D eigenvalue weighted by Gasteiger charge is -2.19. The highest BCUT2D eigenvalue weighted by Gasteiger charge is 2.58. The summed E-state index contributed by atoms with van der Waals surface area (Å²) >= 11 is 0. The smallest absolute Gasteiger partial charge is 0.348 e. The number of hydrogen-bond acceptors (Lipinski definition) is 4. The van der Waals surface area contributed by atoms with Gasteiger partial charge in [-0.3, -0.25) is 19.1 Å². The van der Waals surface area contributed by atoms with Crippen LogP contribution in [-0.2, 0) is 21.5 Å². The minimum atomic E-state index is -4.36. The molecule has 2 rings (SSSR count). The lowest BCUT2D eigenvalue weighted by atomic mass is 10.0. The highest BCUT2D eigenvalue weighted by atomic mass is 32.2. The summed E-state index contributed by atoms with van der Waals surface area (Å²) in [6, 6.07) is 5.66. The Morgan fingerprint density at radius 1 is 1.36 bits per heavy atom. The SMILES string of the molecule is C/C=C(\N=C(C)C(Cc1ccc(NS(=O)(=O)O)cc1)NC(C)=O)C1CC1(F)F. The van der Waals surface area contributed by atoms with Crippen LogP contribution in [0.4, 0.5) is 14.5 Å². The van der Waals surface area contributed by atoms with Gasteiger partial charge in [0.05, 0.1) is 17.6 Å². The van der Waals surface area contributed by atoms with E-state index in [1.165, 1.54) is 19.1 Å². The number of benzene rings is 1. The van der Waals surface area contributed by atoms with Crippen LogP contribution >= 0.6 is 0 Å². The predicted molar refractivity (Wildman–Crippen MR) is 103 cm³/mol. The summed E-state index contributed by atoms with van der Waals surface area (Å²) in [7, 11) is -4.36. The zero-order valence-electron chi connectivity index (χ0n) is 15.7. The van der Waals surface area contributed by atoms with E-state index in [-0.39, 0.29) is 18.0 Å². The van der Waals surface area contributed by atoms with Gasteiger partial charge in [-0.15, -0.1) is 0 Å². The van der Waals surface area contributed by atoms with Gasteiger partial charge in [0.1, 0.15) is 0 Å². The largest absolute Gasteiger partial charge is 0.357 e. The van der Waals surface area contributed by atoms with Gasteiger partial charge in [0, 0.05) is 24.8 Å². The van der Waals surface area contributed by atoms with Gasteiger partial charge in [0.15, 0.2) is 0 Å². The van der Waals surface area contributed by atoms with Crippen LogP contribution in [0.5, 0.6) is 0 Å². The molecule has 0 radical (unpaired) electrons. The molecule has 10 heteroatoms. The van der Waals surface area contributed by atoms with Gasteiger partial charge in [-0.05, 0) is 38.0 Å². The Morgan fingerprint density at radius 3 is 2.36 bits per heavy atom. The Hall–Kier alpha value is -2.33. The highest BCUT2D eigenvalue weighted by molar-refractivity contribution is 7.87. The van der Waals surface area contributed by atoms with Crippen LogP contribution in [0.2, 0.25) is 0 Å². The third kappa shape index (κ3) is 6.38. The molecular weight excluding hydrogens is 392 g/mol. The fourth-order valence-corrected chi connectivity index (χ4v) is 3.24. The van der Waals surface area contributed by atoms with Crippen molar-refractivity contribution in [3.05, 3.63) is 41.6 Å². The summed E-state index contributed by atoms with van der Waals surface area (Å²) in [5, 5.41) is 2.75. The van der Waals surface area contributed by atoms with E-state index in [1.54, 1.807) is 32.1 Å². The van der Waals surface area contributed by atoms with E-state index in [0.29, 0.717) is 17.8 Å². The van der Waals surface area contributed by atoms with Crippen molar-refractivity contribution in [3.8, 4) is 0 Å². The Morgan fingerprint density at radius 2 is 1.93 bits per heavy atom. The topological polar surface area (TPSA) is 108 Å². The maximum atomic E-state index is 13.4. The number of nitrogens with zero attached hydrogens (tertiary/aromatic N) is 1. The molecule has 7 nitrogen and oxygen atoms in total. The molecule has 1 amide bonds. The van der Waals surface area contributed by atoms with Crippen molar-refractivity contribution in [2.45, 2.75) is 45.6 Å². The van der Waals surface area contributed by atoms with Gasteiger partial charge in [-0.2, -0.15) is 8.42 Å². The summed E-state index contributed by atoms with van der Waals surface area (Å²) < 4.78 is 59.1. The monoisotopic (exact) mass is 415 g/mol. The van der Waals surface area contributed by atoms with E-state index in [9.17, 15) is 22.0 Å². The number of halogens is 2. The number of alkyl halides is 2. The molecule has 154 valence electrons. The summed E-state index contributed by atoms with van der Waals surface area (Å²) in [5.74, 6) is -3.91. The standard InChI is InChI=1S/C18H23F2N3O4S/c1-4-16(15-10-18(15,19)20)21-11(2)17(22-12(3)24)9-13-5-7-14(8-6-13)23-28(25,26)27/h4-8,15,17,23H,9-10H2,1-3H3,(H,22,24)(H,25,26,27)/b16-4-,21-11?. The number of aliphatic imine (C=N–C) groups is 1. The van der Waals surface area contributed by atoms with Crippen molar-refractivity contribution in [1.82, 2.24) is 5.32 Å². The van der Waals surface area contributed by atoms with Gasteiger partial charge in [0.25, 0.3) is 5.92 Å². The number of rotatable bonds is 8. The van der Waals surface area contributed by atoms with Gasteiger partial charge in [-0.25, -0.2) is 8.78 Å². The number of carbonyl (C=O) groups excluding carboxylic acids is 1. The van der Waals surface area contributed by atoms with Crippen molar-refractivity contribution in [2.75, 3.05) is 4.72 Å². The molecule has 1 saturated carbocycles. The third-order valence-electron chi connectivity index (χ3n) is 4.31. The summed E-state index contributed by atoms with van der Waals surface area (Å²) in [5.41, 5.74) is 1.73. The first kappa shape index (κ1) is 22.0. The van der Waals surface area contributed by atoms with Crippen molar-refractivity contribution in [2.24, 2.45) is 10.9 Å². The zero-order valence-corrected chi connectivity index (χ0v) is 16.6. The van der Waals surface area contributed by atoms with E-state index in [1.807, 2.05) is 4.72 Å². The normalized spacial score (nSPS) is 20.4. The van der Waals surface area contributed by atoms with E-state index >= 15 is 0 Å². The lowest BCUT2D eigenvalue weighted by molar-refractivity contribution is -0.119. The Balaban J connectivity index is 2.17. The molecule has 0 spiro atoms. The molecule has 1 fully saturated rings. The summed E-state index contributed by atoms with van der Waals surface area (Å²) in [4.78, 5) is 15.9. The maximum Gasteiger partial charge on any atom is 0.357 e. The van der Waals surface area contributed by atoms with E-state index in [4.69, 9.17) is 4.55 Å². The van der Waals surface area contributed by atoms with E-state index < -0.39 is 28.2 Å². The Labute approximate surface area is 162 Å². The molecule has 1 aliphatic rings. The van der Waals surface area contributed by atoms with Gasteiger partial charge in [0.2, 0.25) is 5.91 Å². The molecule has 0 saturated heterocycles. The van der Waals surface area contributed by atoms with Crippen molar-refractivity contribution in [3.63, 3.8) is 0 Å². The van der Waals surface area contributed by atoms with Gasteiger partial charge in [-0.1, -0.05) is 18.2 Å². The molecule has 1 aromatic rings.